The van der Waals surface area contributed by atoms with Crippen LogP contribution in [0, 0.1) is 0 Å². The molecule has 2 aliphatic heterocycles. The Hall–Kier alpha value is -3.03. The van der Waals surface area contributed by atoms with Crippen molar-refractivity contribution in [3.05, 3.63) is 70.2 Å². The monoisotopic (exact) mass is 604 g/mol. The molecule has 3 amide bonds. The van der Waals surface area contributed by atoms with E-state index in [4.69, 9.17) is 23.1 Å². The fourth-order valence-corrected chi connectivity index (χ4v) is 6.84. The van der Waals surface area contributed by atoms with Gasteiger partial charge in [0.1, 0.15) is 12.1 Å². The van der Waals surface area contributed by atoms with Crippen LogP contribution in [0.15, 0.2) is 48.5 Å². The lowest BCUT2D eigenvalue weighted by molar-refractivity contribution is -0.142. The Morgan fingerprint density at radius 2 is 1.80 bits per heavy atom. The first-order valence-electron chi connectivity index (χ1n) is 13.7. The van der Waals surface area contributed by atoms with E-state index in [2.05, 4.69) is 10.0 Å². The van der Waals surface area contributed by atoms with Gasteiger partial charge in [0.2, 0.25) is 27.7 Å². The zero-order valence-corrected chi connectivity index (χ0v) is 24.4. The molecule has 0 unspecified atom stereocenters. The van der Waals surface area contributed by atoms with Crippen LogP contribution in [0.25, 0.3) is 0 Å². The number of nitrogens with zero attached hydrogens (tertiary/aromatic N) is 2. The molecular weight excluding hydrogens is 568 g/mol. The lowest BCUT2D eigenvalue weighted by atomic mass is 10.1. The van der Waals surface area contributed by atoms with Crippen molar-refractivity contribution >= 4 is 39.3 Å². The average Bonchev–Trinajstić information content (AvgIpc) is 3.61. The number of likely N-dealkylation sites (tertiary alicyclic amines) is 2. The molecule has 2 saturated heterocycles. The zero-order valence-electron chi connectivity index (χ0n) is 22.8. The number of hydrogen-bond donors (Lipinski definition) is 4. The number of nitrogens with one attached hydrogen (secondary N) is 2. The molecule has 0 spiro atoms. The first kappa shape index (κ1) is 30.9. The van der Waals surface area contributed by atoms with Crippen LogP contribution in [0.1, 0.15) is 42.4 Å². The second-order valence-electron chi connectivity index (χ2n) is 10.5. The molecule has 0 bridgehead atoms. The third-order valence-electron chi connectivity index (χ3n) is 7.46. The van der Waals surface area contributed by atoms with Gasteiger partial charge in [-0.25, -0.2) is 13.1 Å². The van der Waals surface area contributed by atoms with Crippen molar-refractivity contribution in [1.82, 2.24) is 19.8 Å². The third kappa shape index (κ3) is 8.26. The van der Waals surface area contributed by atoms with Crippen LogP contribution >= 0.6 is 11.6 Å². The average molecular weight is 605 g/mol. The number of nitrogens with two attached hydrogens (primary N) is 2. The molecule has 2 heterocycles. The van der Waals surface area contributed by atoms with Gasteiger partial charge in [-0.3, -0.25) is 14.4 Å². The van der Waals surface area contributed by atoms with Gasteiger partial charge in [0.25, 0.3) is 0 Å². The maximum absolute atomic E-state index is 13.8. The predicted molar refractivity (Wildman–Crippen MR) is 156 cm³/mol. The van der Waals surface area contributed by atoms with Gasteiger partial charge in [-0.2, -0.15) is 0 Å². The fraction of sp³-hybridized carbons (Fsp3) is 0.464. The molecule has 0 saturated carbocycles. The van der Waals surface area contributed by atoms with Crippen LogP contribution in [0.4, 0.5) is 0 Å². The summed E-state index contributed by atoms with van der Waals surface area (Å²) < 4.78 is 28.7. The van der Waals surface area contributed by atoms with E-state index in [9.17, 15) is 22.8 Å². The second kappa shape index (κ2) is 13.8. The molecule has 11 nitrogen and oxygen atoms in total. The summed E-state index contributed by atoms with van der Waals surface area (Å²) in [5.74, 6) is -1.70. The van der Waals surface area contributed by atoms with E-state index in [1.165, 1.54) is 4.90 Å². The maximum Gasteiger partial charge on any atom is 0.243 e. The summed E-state index contributed by atoms with van der Waals surface area (Å²) in [4.78, 5) is 43.1. The van der Waals surface area contributed by atoms with Gasteiger partial charge >= 0.3 is 0 Å². The van der Waals surface area contributed by atoms with E-state index in [1.54, 1.807) is 53.4 Å². The van der Waals surface area contributed by atoms with E-state index in [0.29, 0.717) is 42.9 Å². The number of carbonyl (C=O) groups excluding carboxylic acids is 3. The molecule has 0 aromatic heterocycles. The van der Waals surface area contributed by atoms with Crippen molar-refractivity contribution in [2.24, 2.45) is 11.5 Å². The highest BCUT2D eigenvalue weighted by molar-refractivity contribution is 7.88. The quantitative estimate of drug-likeness (QED) is 0.295. The van der Waals surface area contributed by atoms with Gasteiger partial charge in [0.05, 0.1) is 12.2 Å². The van der Waals surface area contributed by atoms with Crippen molar-refractivity contribution in [3.8, 4) is 0 Å². The number of rotatable bonds is 11. The Morgan fingerprint density at radius 3 is 2.49 bits per heavy atom. The van der Waals surface area contributed by atoms with Gasteiger partial charge in [-0.1, -0.05) is 48.0 Å². The van der Waals surface area contributed by atoms with Crippen molar-refractivity contribution in [3.63, 3.8) is 0 Å². The van der Waals surface area contributed by atoms with Gasteiger partial charge in [-0.15, -0.1) is 0 Å². The first-order valence-corrected chi connectivity index (χ1v) is 15.7. The minimum atomic E-state index is -4.00. The molecular formula is C28H37ClN6O5S. The van der Waals surface area contributed by atoms with E-state index in [1.807, 2.05) is 0 Å². The Morgan fingerprint density at radius 1 is 1.05 bits per heavy atom. The molecule has 2 fully saturated rings. The van der Waals surface area contributed by atoms with Crippen LogP contribution in [-0.4, -0.2) is 73.7 Å². The Kier molecular flexibility index (Phi) is 10.4. The highest BCUT2D eigenvalue weighted by Gasteiger charge is 2.40. The summed E-state index contributed by atoms with van der Waals surface area (Å²) in [6.45, 7) is 1.50. The molecule has 222 valence electrons. The number of amides is 3. The largest absolute Gasteiger partial charge is 0.350 e. The molecule has 3 atom stereocenters. The summed E-state index contributed by atoms with van der Waals surface area (Å²) in [6.07, 6.45) is 1.24. The van der Waals surface area contributed by atoms with Gasteiger partial charge in [-0.05, 0) is 48.1 Å². The van der Waals surface area contributed by atoms with Crippen molar-refractivity contribution in [1.29, 1.82) is 0 Å². The van der Waals surface area contributed by atoms with Gasteiger partial charge < -0.3 is 26.6 Å². The summed E-state index contributed by atoms with van der Waals surface area (Å²) in [6, 6.07) is 11.5. The molecule has 2 aromatic carbocycles. The third-order valence-corrected chi connectivity index (χ3v) is 9.05. The topological polar surface area (TPSA) is 168 Å². The van der Waals surface area contributed by atoms with E-state index in [0.717, 1.165) is 11.1 Å². The Bertz CT molecular complexity index is 1360. The minimum Gasteiger partial charge on any atom is -0.350 e. The van der Waals surface area contributed by atoms with Gasteiger partial charge in [0.15, 0.2) is 0 Å². The Labute approximate surface area is 245 Å². The fourth-order valence-electron chi connectivity index (χ4n) is 5.31. The van der Waals surface area contributed by atoms with Crippen LogP contribution < -0.4 is 21.5 Å². The molecule has 2 aromatic rings. The molecule has 0 aliphatic carbocycles. The number of benzene rings is 2. The second-order valence-corrected chi connectivity index (χ2v) is 12.7. The zero-order chi connectivity index (χ0) is 29.6. The molecule has 0 radical (unpaired) electrons. The standard InChI is InChI=1S/C28H37ClN6O5S/c29-22-9-8-20(15-30)21(13-22)16-32-27(37)25-7-4-11-35(25)28(38)24(14-26(36)34-12-10-23(31)17-34)33-41(39,40)18-19-5-2-1-3-6-19/h1-3,5-6,8-9,13,23-25,33H,4,7,10-12,14-18,30-31H2,(H,32,37)/t23-,24+,25-/m0/s1. The van der Waals surface area contributed by atoms with Crippen molar-refractivity contribution in [2.45, 2.75) is 62.7 Å². The summed E-state index contributed by atoms with van der Waals surface area (Å²) in [5, 5.41) is 3.38. The summed E-state index contributed by atoms with van der Waals surface area (Å²) >= 11 is 6.12. The van der Waals surface area contributed by atoms with Crippen LogP contribution in [0.5, 0.6) is 0 Å². The normalized spacial score (nSPS) is 19.8. The molecule has 6 N–H and O–H groups in total. The Balaban J connectivity index is 1.49. The van der Waals surface area contributed by atoms with E-state index in [-0.39, 0.29) is 49.7 Å². The van der Waals surface area contributed by atoms with Crippen molar-refractivity contribution in [2.75, 3.05) is 19.6 Å². The molecule has 4 rings (SSSR count). The number of hydrogen-bond acceptors (Lipinski definition) is 7. The smallest absolute Gasteiger partial charge is 0.243 e. The van der Waals surface area contributed by atoms with Crippen LogP contribution in [0.2, 0.25) is 5.02 Å². The molecule has 41 heavy (non-hydrogen) atoms. The number of carbonyl (C=O) groups is 3. The highest BCUT2D eigenvalue weighted by atomic mass is 35.5. The number of sulfonamides is 1. The molecule has 13 heteroatoms. The maximum atomic E-state index is 13.8. The van der Waals surface area contributed by atoms with Gasteiger partial charge in [0, 0.05) is 43.8 Å². The van der Waals surface area contributed by atoms with Crippen LogP contribution in [0.3, 0.4) is 0 Å². The van der Waals surface area contributed by atoms with Crippen molar-refractivity contribution < 1.29 is 22.8 Å². The van der Waals surface area contributed by atoms with E-state index < -0.39 is 28.0 Å². The lowest BCUT2D eigenvalue weighted by Crippen LogP contribution is -2.54. The minimum absolute atomic E-state index is 0.159. The van der Waals surface area contributed by atoms with E-state index >= 15 is 0 Å². The predicted octanol–water partition coefficient (Wildman–Crippen LogP) is 0.844. The molecule has 2 aliphatic rings. The summed E-state index contributed by atoms with van der Waals surface area (Å²) in [5.41, 5.74) is 13.9. The number of halogens is 1. The SMILES string of the molecule is NCc1ccc(Cl)cc1CNC(=O)[C@@H]1CCCN1C(=O)[C@@H](CC(=O)N1CC[C@H](N)C1)NS(=O)(=O)Cc1ccccc1. The first-order chi connectivity index (χ1) is 19.6. The summed E-state index contributed by atoms with van der Waals surface area (Å²) in [7, 11) is -4.00. The lowest BCUT2D eigenvalue weighted by Gasteiger charge is -2.29. The van der Waals surface area contributed by atoms with Crippen LogP contribution in [-0.2, 0) is 43.2 Å². The highest BCUT2D eigenvalue weighted by Crippen LogP contribution is 2.22.